The summed E-state index contributed by atoms with van der Waals surface area (Å²) in [6, 6.07) is 6.25. The molecule has 0 N–H and O–H groups in total. The van der Waals surface area contributed by atoms with Crippen LogP contribution >= 0.6 is 0 Å². The van der Waals surface area contributed by atoms with Crippen molar-refractivity contribution in [3.8, 4) is 11.5 Å². The second kappa shape index (κ2) is 6.63. The van der Waals surface area contributed by atoms with Crippen molar-refractivity contribution in [1.29, 1.82) is 0 Å². The van der Waals surface area contributed by atoms with E-state index in [0.29, 0.717) is 24.6 Å². The second-order valence-corrected chi connectivity index (χ2v) is 4.76. The van der Waals surface area contributed by atoms with E-state index in [1.165, 1.54) is 12.1 Å². The lowest BCUT2D eigenvalue weighted by atomic mass is 10.2. The lowest BCUT2D eigenvalue weighted by Gasteiger charge is -2.14. The summed E-state index contributed by atoms with van der Waals surface area (Å²) in [7, 11) is 3.67. The fourth-order valence-corrected chi connectivity index (χ4v) is 1.90. The summed E-state index contributed by atoms with van der Waals surface area (Å²) in [6.45, 7) is 4.03. The monoisotopic (exact) mass is 278 g/mol. The van der Waals surface area contributed by atoms with Gasteiger partial charge in [-0.3, -0.25) is 4.90 Å². The Kier molecular flexibility index (Phi) is 4.87. The molecule has 0 unspecified atom stereocenters. The van der Waals surface area contributed by atoms with Crippen LogP contribution in [-0.2, 0) is 11.3 Å². The van der Waals surface area contributed by atoms with E-state index in [2.05, 4.69) is 9.88 Å². The first kappa shape index (κ1) is 14.7. The van der Waals surface area contributed by atoms with E-state index in [-0.39, 0.29) is 5.82 Å². The Morgan fingerprint density at radius 1 is 1.40 bits per heavy atom. The van der Waals surface area contributed by atoms with Crippen LogP contribution in [0, 0.1) is 12.7 Å². The van der Waals surface area contributed by atoms with Crippen molar-refractivity contribution in [3.63, 3.8) is 0 Å². The van der Waals surface area contributed by atoms with E-state index >= 15 is 0 Å². The molecule has 2 aromatic rings. The van der Waals surface area contributed by atoms with Crippen LogP contribution in [0.2, 0.25) is 0 Å². The summed E-state index contributed by atoms with van der Waals surface area (Å²) in [5.74, 6) is 0.919. The van der Waals surface area contributed by atoms with Crippen LogP contribution in [0.15, 0.2) is 28.7 Å². The van der Waals surface area contributed by atoms with Gasteiger partial charge in [0.2, 0.25) is 5.89 Å². The minimum atomic E-state index is -0.294. The summed E-state index contributed by atoms with van der Waals surface area (Å²) in [6.07, 6.45) is 0. The smallest absolute Gasteiger partial charge is 0.226 e. The summed E-state index contributed by atoms with van der Waals surface area (Å²) in [5, 5.41) is 0. The molecule has 5 heteroatoms. The molecule has 0 bridgehead atoms. The zero-order valence-corrected chi connectivity index (χ0v) is 12.0. The molecule has 0 atom stereocenters. The molecule has 1 aromatic heterocycles. The Hall–Kier alpha value is -1.72. The van der Waals surface area contributed by atoms with Crippen molar-refractivity contribution in [1.82, 2.24) is 9.88 Å². The Balaban J connectivity index is 2.13. The Morgan fingerprint density at radius 3 is 2.90 bits per heavy atom. The van der Waals surface area contributed by atoms with Gasteiger partial charge in [-0.05, 0) is 32.2 Å². The number of ether oxygens (including phenoxy) is 1. The van der Waals surface area contributed by atoms with E-state index < -0.39 is 0 Å². The average molecular weight is 278 g/mol. The SMILES string of the molecule is COCCN(C)Cc1nc(-c2cccc(F)c2)oc1C. The largest absolute Gasteiger partial charge is 0.441 e. The van der Waals surface area contributed by atoms with Gasteiger partial charge >= 0.3 is 0 Å². The highest BCUT2D eigenvalue weighted by atomic mass is 19.1. The normalized spacial score (nSPS) is 11.2. The molecule has 0 aliphatic heterocycles. The predicted octanol–water partition coefficient (Wildman–Crippen LogP) is 2.87. The fraction of sp³-hybridized carbons (Fsp3) is 0.400. The molecular formula is C15H19FN2O2. The van der Waals surface area contributed by atoms with E-state index in [0.717, 1.165) is 18.0 Å². The Bertz CT molecular complexity index is 569. The standard InChI is InChI=1S/C15H19FN2O2/c1-11-14(10-18(2)7-8-19-3)17-15(20-11)12-5-4-6-13(16)9-12/h4-6,9H,7-8,10H2,1-3H3. The summed E-state index contributed by atoms with van der Waals surface area (Å²) in [4.78, 5) is 6.55. The van der Waals surface area contributed by atoms with E-state index in [4.69, 9.17) is 9.15 Å². The van der Waals surface area contributed by atoms with Gasteiger partial charge in [0.1, 0.15) is 11.6 Å². The molecule has 0 radical (unpaired) electrons. The number of oxazole rings is 1. The van der Waals surface area contributed by atoms with Gasteiger partial charge in [0.15, 0.2) is 0 Å². The van der Waals surface area contributed by atoms with Gasteiger partial charge in [0.25, 0.3) is 0 Å². The van der Waals surface area contributed by atoms with Gasteiger partial charge in [-0.25, -0.2) is 9.37 Å². The highest BCUT2D eigenvalue weighted by Gasteiger charge is 2.13. The summed E-state index contributed by atoms with van der Waals surface area (Å²) in [5.41, 5.74) is 1.52. The van der Waals surface area contributed by atoms with Crippen molar-refractivity contribution in [2.24, 2.45) is 0 Å². The lowest BCUT2D eigenvalue weighted by molar-refractivity contribution is 0.158. The first-order chi connectivity index (χ1) is 9.60. The number of halogens is 1. The second-order valence-electron chi connectivity index (χ2n) is 4.76. The fourth-order valence-electron chi connectivity index (χ4n) is 1.90. The highest BCUT2D eigenvalue weighted by molar-refractivity contribution is 5.53. The molecule has 0 amide bonds. The van der Waals surface area contributed by atoms with Gasteiger partial charge in [-0.2, -0.15) is 0 Å². The quantitative estimate of drug-likeness (QED) is 0.814. The van der Waals surface area contributed by atoms with Gasteiger partial charge in [-0.15, -0.1) is 0 Å². The van der Waals surface area contributed by atoms with Crippen LogP contribution in [0.25, 0.3) is 11.5 Å². The summed E-state index contributed by atoms with van der Waals surface area (Å²) >= 11 is 0. The Labute approximate surface area is 118 Å². The molecule has 2 rings (SSSR count). The molecular weight excluding hydrogens is 259 g/mol. The number of hydrogen-bond donors (Lipinski definition) is 0. The van der Waals surface area contributed by atoms with Crippen LogP contribution in [0.3, 0.4) is 0 Å². The van der Waals surface area contributed by atoms with Gasteiger partial charge in [0, 0.05) is 25.8 Å². The molecule has 108 valence electrons. The molecule has 0 saturated heterocycles. The number of benzene rings is 1. The molecule has 0 aliphatic carbocycles. The highest BCUT2D eigenvalue weighted by Crippen LogP contribution is 2.22. The maximum absolute atomic E-state index is 13.2. The Morgan fingerprint density at radius 2 is 2.20 bits per heavy atom. The topological polar surface area (TPSA) is 38.5 Å². The number of aromatic nitrogens is 1. The number of methoxy groups -OCH3 is 1. The molecule has 4 nitrogen and oxygen atoms in total. The van der Waals surface area contributed by atoms with Crippen LogP contribution in [-0.4, -0.2) is 37.2 Å². The third-order valence-electron chi connectivity index (χ3n) is 3.06. The first-order valence-corrected chi connectivity index (χ1v) is 6.50. The minimum absolute atomic E-state index is 0.294. The van der Waals surface area contributed by atoms with Crippen molar-refractivity contribution >= 4 is 0 Å². The molecule has 0 fully saturated rings. The van der Waals surface area contributed by atoms with Crippen molar-refractivity contribution in [3.05, 3.63) is 41.5 Å². The van der Waals surface area contributed by atoms with Gasteiger partial charge in [-0.1, -0.05) is 6.07 Å². The van der Waals surface area contributed by atoms with E-state index in [1.54, 1.807) is 19.2 Å². The zero-order valence-electron chi connectivity index (χ0n) is 12.0. The lowest BCUT2D eigenvalue weighted by Crippen LogP contribution is -2.22. The number of rotatable bonds is 6. The van der Waals surface area contributed by atoms with Crippen LogP contribution < -0.4 is 0 Å². The van der Waals surface area contributed by atoms with Crippen molar-refractivity contribution < 1.29 is 13.5 Å². The number of nitrogens with zero attached hydrogens (tertiary/aromatic N) is 2. The minimum Gasteiger partial charge on any atom is -0.441 e. The maximum Gasteiger partial charge on any atom is 0.226 e. The average Bonchev–Trinajstić information content (AvgIpc) is 2.78. The molecule has 0 saturated carbocycles. The van der Waals surface area contributed by atoms with Crippen LogP contribution in [0.5, 0.6) is 0 Å². The molecule has 0 aliphatic rings. The van der Waals surface area contributed by atoms with Crippen molar-refractivity contribution in [2.45, 2.75) is 13.5 Å². The predicted molar refractivity (Wildman–Crippen MR) is 74.8 cm³/mol. The van der Waals surface area contributed by atoms with E-state index in [9.17, 15) is 4.39 Å². The van der Waals surface area contributed by atoms with E-state index in [1.807, 2.05) is 14.0 Å². The maximum atomic E-state index is 13.2. The van der Waals surface area contributed by atoms with Crippen LogP contribution in [0.1, 0.15) is 11.5 Å². The van der Waals surface area contributed by atoms with Gasteiger partial charge in [0.05, 0.1) is 12.3 Å². The molecule has 1 heterocycles. The zero-order chi connectivity index (χ0) is 14.5. The molecule has 0 spiro atoms. The molecule has 1 aromatic carbocycles. The number of aryl methyl sites for hydroxylation is 1. The third-order valence-corrected chi connectivity index (χ3v) is 3.06. The van der Waals surface area contributed by atoms with Gasteiger partial charge < -0.3 is 9.15 Å². The number of likely N-dealkylation sites (N-methyl/N-ethyl adjacent to an activating group) is 1. The number of hydrogen-bond acceptors (Lipinski definition) is 4. The van der Waals surface area contributed by atoms with Crippen LogP contribution in [0.4, 0.5) is 4.39 Å². The molecule has 20 heavy (non-hydrogen) atoms. The summed E-state index contributed by atoms with van der Waals surface area (Å²) < 4.78 is 23.9. The van der Waals surface area contributed by atoms with Crippen molar-refractivity contribution in [2.75, 3.05) is 27.3 Å². The first-order valence-electron chi connectivity index (χ1n) is 6.50. The third kappa shape index (κ3) is 3.65.